The zero-order valence-corrected chi connectivity index (χ0v) is 15.4. The van der Waals surface area contributed by atoms with Crippen molar-refractivity contribution in [2.75, 3.05) is 19.7 Å². The Labute approximate surface area is 142 Å². The summed E-state index contributed by atoms with van der Waals surface area (Å²) in [5.74, 6) is 0.816. The van der Waals surface area contributed by atoms with Crippen molar-refractivity contribution in [3.05, 3.63) is 29.8 Å². The fourth-order valence-corrected chi connectivity index (χ4v) is 2.42. The molecule has 0 aliphatic rings. The third-order valence-corrected chi connectivity index (χ3v) is 4.00. The summed E-state index contributed by atoms with van der Waals surface area (Å²) in [5, 5.41) is 13.2. The van der Waals surface area contributed by atoms with Crippen molar-refractivity contribution in [1.82, 2.24) is 5.32 Å². The Kier molecular flexibility index (Phi) is 9.27. The summed E-state index contributed by atoms with van der Waals surface area (Å²) in [6.45, 7) is 10.7. The van der Waals surface area contributed by atoms with Gasteiger partial charge in [0, 0.05) is 6.54 Å². The maximum absolute atomic E-state index is 9.95. The molecule has 23 heavy (non-hydrogen) atoms. The fourth-order valence-electron chi connectivity index (χ4n) is 2.42. The standard InChI is InChI=1S/C20H35NO2/c1-5-6-7-8-9-14-21-15-18(22)16-23-19-12-10-17(11-13-19)20(2,3)4/h10-13,18,21-22H,5-9,14-16H2,1-4H3. The van der Waals surface area contributed by atoms with Crippen LogP contribution in [0, 0.1) is 0 Å². The van der Waals surface area contributed by atoms with Gasteiger partial charge in [0.2, 0.25) is 0 Å². The summed E-state index contributed by atoms with van der Waals surface area (Å²) in [6.07, 6.45) is 5.90. The summed E-state index contributed by atoms with van der Waals surface area (Å²) in [4.78, 5) is 0. The van der Waals surface area contributed by atoms with Crippen molar-refractivity contribution < 1.29 is 9.84 Å². The Morgan fingerprint density at radius 3 is 2.30 bits per heavy atom. The van der Waals surface area contributed by atoms with E-state index in [2.05, 4.69) is 45.1 Å². The van der Waals surface area contributed by atoms with Crippen molar-refractivity contribution in [1.29, 1.82) is 0 Å². The van der Waals surface area contributed by atoms with E-state index in [4.69, 9.17) is 4.74 Å². The maximum atomic E-state index is 9.95. The lowest BCUT2D eigenvalue weighted by Gasteiger charge is -2.19. The fraction of sp³-hybridized carbons (Fsp3) is 0.700. The van der Waals surface area contributed by atoms with Gasteiger partial charge in [-0.05, 0) is 36.1 Å². The third kappa shape index (κ3) is 8.97. The number of nitrogens with one attached hydrogen (secondary N) is 1. The first-order chi connectivity index (χ1) is 10.9. The zero-order valence-electron chi connectivity index (χ0n) is 15.4. The van der Waals surface area contributed by atoms with Gasteiger partial charge < -0.3 is 15.2 Å². The summed E-state index contributed by atoms with van der Waals surface area (Å²) in [5.41, 5.74) is 1.44. The predicted octanol–water partition coefficient (Wildman–Crippen LogP) is 4.28. The Morgan fingerprint density at radius 2 is 1.70 bits per heavy atom. The molecule has 2 N–H and O–H groups in total. The largest absolute Gasteiger partial charge is 0.491 e. The summed E-state index contributed by atoms with van der Waals surface area (Å²) in [7, 11) is 0. The molecule has 1 rings (SSSR count). The van der Waals surface area contributed by atoms with Crippen molar-refractivity contribution >= 4 is 0 Å². The van der Waals surface area contributed by atoms with Crippen LogP contribution in [0.2, 0.25) is 0 Å². The van der Waals surface area contributed by atoms with Crippen LogP contribution in [0.3, 0.4) is 0 Å². The second-order valence-corrected chi connectivity index (χ2v) is 7.36. The molecule has 0 bridgehead atoms. The lowest BCUT2D eigenvalue weighted by Crippen LogP contribution is -2.32. The molecule has 3 nitrogen and oxygen atoms in total. The number of aliphatic hydroxyl groups excluding tert-OH is 1. The van der Waals surface area contributed by atoms with E-state index >= 15 is 0 Å². The number of benzene rings is 1. The van der Waals surface area contributed by atoms with Crippen LogP contribution in [0.15, 0.2) is 24.3 Å². The van der Waals surface area contributed by atoms with E-state index in [-0.39, 0.29) is 5.41 Å². The molecule has 0 radical (unpaired) electrons. The maximum Gasteiger partial charge on any atom is 0.119 e. The van der Waals surface area contributed by atoms with Crippen LogP contribution in [0.4, 0.5) is 0 Å². The number of rotatable bonds is 11. The van der Waals surface area contributed by atoms with Crippen LogP contribution < -0.4 is 10.1 Å². The van der Waals surface area contributed by atoms with Crippen LogP contribution >= 0.6 is 0 Å². The second-order valence-electron chi connectivity index (χ2n) is 7.36. The van der Waals surface area contributed by atoms with Gasteiger partial charge in [-0.1, -0.05) is 65.5 Å². The van der Waals surface area contributed by atoms with Gasteiger partial charge in [0.1, 0.15) is 18.5 Å². The highest BCUT2D eigenvalue weighted by molar-refractivity contribution is 5.31. The van der Waals surface area contributed by atoms with E-state index in [0.29, 0.717) is 13.2 Å². The first kappa shape index (κ1) is 20.0. The monoisotopic (exact) mass is 321 g/mol. The highest BCUT2D eigenvalue weighted by atomic mass is 16.5. The van der Waals surface area contributed by atoms with E-state index < -0.39 is 6.10 Å². The van der Waals surface area contributed by atoms with Gasteiger partial charge >= 0.3 is 0 Å². The van der Waals surface area contributed by atoms with E-state index in [1.54, 1.807) is 0 Å². The van der Waals surface area contributed by atoms with Gasteiger partial charge in [-0.15, -0.1) is 0 Å². The Bertz CT molecular complexity index is 409. The molecular formula is C20H35NO2. The minimum absolute atomic E-state index is 0.152. The quantitative estimate of drug-likeness (QED) is 0.598. The van der Waals surface area contributed by atoms with Crippen molar-refractivity contribution in [2.45, 2.75) is 71.3 Å². The van der Waals surface area contributed by atoms with E-state index in [1.807, 2.05) is 12.1 Å². The van der Waals surface area contributed by atoms with Crippen LogP contribution in [0.1, 0.15) is 65.4 Å². The number of hydrogen-bond donors (Lipinski definition) is 2. The molecule has 0 spiro atoms. The molecule has 0 heterocycles. The lowest BCUT2D eigenvalue weighted by molar-refractivity contribution is 0.106. The highest BCUT2D eigenvalue weighted by Crippen LogP contribution is 2.24. The van der Waals surface area contributed by atoms with Crippen molar-refractivity contribution in [2.24, 2.45) is 0 Å². The second kappa shape index (κ2) is 10.7. The molecule has 0 fully saturated rings. The van der Waals surface area contributed by atoms with Gasteiger partial charge in [0.05, 0.1) is 0 Å². The lowest BCUT2D eigenvalue weighted by atomic mass is 9.87. The van der Waals surface area contributed by atoms with Crippen LogP contribution in [0.5, 0.6) is 5.75 Å². The molecule has 0 aliphatic heterocycles. The molecule has 0 saturated heterocycles. The van der Waals surface area contributed by atoms with E-state index in [9.17, 15) is 5.11 Å². The van der Waals surface area contributed by atoms with Crippen LogP contribution in [-0.4, -0.2) is 30.9 Å². The molecule has 3 heteroatoms. The molecule has 0 saturated carbocycles. The van der Waals surface area contributed by atoms with Crippen LogP contribution in [0.25, 0.3) is 0 Å². The Hall–Kier alpha value is -1.06. The first-order valence-corrected chi connectivity index (χ1v) is 9.05. The minimum atomic E-state index is -0.465. The minimum Gasteiger partial charge on any atom is -0.491 e. The number of hydrogen-bond acceptors (Lipinski definition) is 3. The average Bonchev–Trinajstić information content (AvgIpc) is 2.51. The summed E-state index contributed by atoms with van der Waals surface area (Å²) >= 11 is 0. The molecule has 132 valence electrons. The van der Waals surface area contributed by atoms with Crippen LogP contribution in [-0.2, 0) is 5.41 Å². The zero-order chi connectivity index (χ0) is 17.1. The van der Waals surface area contributed by atoms with Gasteiger partial charge in [-0.3, -0.25) is 0 Å². The molecule has 0 aliphatic carbocycles. The Balaban J connectivity index is 2.14. The SMILES string of the molecule is CCCCCCCNCC(O)COc1ccc(C(C)(C)C)cc1. The number of aliphatic hydroxyl groups is 1. The summed E-state index contributed by atoms with van der Waals surface area (Å²) < 4.78 is 5.66. The Morgan fingerprint density at radius 1 is 1.04 bits per heavy atom. The molecule has 0 aromatic heterocycles. The number of unbranched alkanes of at least 4 members (excludes halogenated alkanes) is 4. The van der Waals surface area contributed by atoms with E-state index in [0.717, 1.165) is 12.3 Å². The predicted molar refractivity (Wildman–Crippen MR) is 98.3 cm³/mol. The molecule has 1 aromatic rings. The van der Waals surface area contributed by atoms with Gasteiger partial charge in [0.15, 0.2) is 0 Å². The van der Waals surface area contributed by atoms with Crippen molar-refractivity contribution in [3.8, 4) is 5.75 Å². The molecule has 0 amide bonds. The van der Waals surface area contributed by atoms with Gasteiger partial charge in [-0.2, -0.15) is 0 Å². The smallest absolute Gasteiger partial charge is 0.119 e. The normalized spacial score (nSPS) is 13.1. The first-order valence-electron chi connectivity index (χ1n) is 9.05. The number of ether oxygens (including phenoxy) is 1. The highest BCUT2D eigenvalue weighted by Gasteiger charge is 2.13. The molecule has 1 aromatic carbocycles. The summed E-state index contributed by atoms with van der Waals surface area (Å²) in [6, 6.07) is 8.15. The van der Waals surface area contributed by atoms with Gasteiger partial charge in [0.25, 0.3) is 0 Å². The van der Waals surface area contributed by atoms with Crippen molar-refractivity contribution in [3.63, 3.8) is 0 Å². The molecule has 1 unspecified atom stereocenters. The average molecular weight is 322 g/mol. The van der Waals surface area contributed by atoms with Gasteiger partial charge in [-0.25, -0.2) is 0 Å². The van der Waals surface area contributed by atoms with E-state index in [1.165, 1.54) is 37.7 Å². The molecule has 1 atom stereocenters. The topological polar surface area (TPSA) is 41.5 Å². The molecular weight excluding hydrogens is 286 g/mol. The third-order valence-electron chi connectivity index (χ3n) is 4.00.